The first-order valence-electron chi connectivity index (χ1n) is 4.89. The summed E-state index contributed by atoms with van der Waals surface area (Å²) in [4.78, 5) is 10.8. The highest BCUT2D eigenvalue weighted by molar-refractivity contribution is 5.73. The van der Waals surface area contributed by atoms with Crippen LogP contribution >= 0.6 is 0 Å². The Labute approximate surface area is 98.9 Å². The summed E-state index contributed by atoms with van der Waals surface area (Å²) in [6, 6.07) is 2.03. The lowest BCUT2D eigenvalue weighted by molar-refractivity contribution is -0.443. The number of hydrogen-bond donors (Lipinski definition) is 1. The number of carbonyl (C=O) groups excluding carboxylic acids is 1. The Balaban J connectivity index is 3.33. The lowest BCUT2D eigenvalue weighted by Gasteiger charge is -2.17. The lowest BCUT2D eigenvalue weighted by atomic mass is 10.1. The van der Waals surface area contributed by atoms with E-state index in [1.165, 1.54) is 27.4 Å². The number of carbonyl (C=O) groups is 1. The molecule has 0 saturated carbocycles. The van der Waals surface area contributed by atoms with Gasteiger partial charge in [-0.1, -0.05) is 0 Å². The predicted octanol–water partition coefficient (Wildman–Crippen LogP) is -1.25. The summed E-state index contributed by atoms with van der Waals surface area (Å²) in [6.07, 6.45) is 0. The molecule has 0 aliphatic heterocycles. The van der Waals surface area contributed by atoms with Crippen LogP contribution in [0.4, 0.5) is 0 Å². The van der Waals surface area contributed by atoms with E-state index in [1.54, 1.807) is 6.07 Å². The van der Waals surface area contributed by atoms with Gasteiger partial charge in [-0.05, 0) is 6.07 Å². The average Bonchev–Trinajstić information content (AvgIpc) is 2.35. The van der Waals surface area contributed by atoms with E-state index in [0.29, 0.717) is 22.8 Å². The Bertz CT molecular complexity index is 419. The third-order valence-corrected chi connectivity index (χ3v) is 2.40. The van der Waals surface area contributed by atoms with Crippen molar-refractivity contribution in [3.63, 3.8) is 0 Å². The highest BCUT2D eigenvalue weighted by Gasteiger charge is 2.20. The molecule has 0 fully saturated rings. The normalized spacial score (nSPS) is 11.8. The SMILES string of the molecule is COc1cc(OC)c([C@@H]([NH3+])C(=O)[O-])cc1OC. The van der Waals surface area contributed by atoms with Crippen LogP contribution in [0.2, 0.25) is 0 Å². The number of aliphatic carboxylic acids is 1. The molecule has 0 amide bonds. The fourth-order valence-electron chi connectivity index (χ4n) is 1.45. The molecule has 3 N–H and O–H groups in total. The topological polar surface area (TPSA) is 95.5 Å². The molecule has 0 heterocycles. The molecular weight excluding hydrogens is 226 g/mol. The van der Waals surface area contributed by atoms with Crippen molar-refractivity contribution in [2.75, 3.05) is 21.3 Å². The first-order valence-corrected chi connectivity index (χ1v) is 4.89. The number of carboxylic acids is 1. The van der Waals surface area contributed by atoms with Crippen molar-refractivity contribution in [2.45, 2.75) is 6.04 Å². The smallest absolute Gasteiger partial charge is 0.164 e. The van der Waals surface area contributed by atoms with E-state index >= 15 is 0 Å². The Morgan fingerprint density at radius 2 is 1.59 bits per heavy atom. The van der Waals surface area contributed by atoms with Gasteiger partial charge in [-0.3, -0.25) is 0 Å². The molecule has 0 saturated heterocycles. The van der Waals surface area contributed by atoms with Crippen molar-refractivity contribution in [3.05, 3.63) is 17.7 Å². The number of methoxy groups -OCH3 is 3. The number of quaternary nitrogens is 1. The second-order valence-electron chi connectivity index (χ2n) is 3.32. The first kappa shape index (κ1) is 13.1. The zero-order valence-electron chi connectivity index (χ0n) is 9.98. The molecule has 0 radical (unpaired) electrons. The Morgan fingerprint density at radius 3 is 2.00 bits per heavy atom. The van der Waals surface area contributed by atoms with Crippen LogP contribution < -0.4 is 25.1 Å². The fraction of sp³-hybridized carbons (Fsp3) is 0.364. The molecule has 1 atom stereocenters. The maximum Gasteiger partial charge on any atom is 0.164 e. The Kier molecular flexibility index (Phi) is 4.17. The summed E-state index contributed by atoms with van der Waals surface area (Å²) < 4.78 is 15.3. The molecule has 6 heteroatoms. The molecule has 0 aliphatic carbocycles. The standard InChI is InChI=1S/C11H15NO5/c1-15-7-5-9(17-3)8(16-2)4-6(7)10(12)11(13)14/h4-5,10H,12H2,1-3H3,(H,13,14)/t10-/m1/s1. The van der Waals surface area contributed by atoms with Gasteiger partial charge >= 0.3 is 0 Å². The van der Waals surface area contributed by atoms with Gasteiger partial charge < -0.3 is 29.8 Å². The van der Waals surface area contributed by atoms with Crippen LogP contribution in [0.5, 0.6) is 17.2 Å². The number of hydrogen-bond acceptors (Lipinski definition) is 5. The van der Waals surface area contributed by atoms with E-state index in [-0.39, 0.29) is 0 Å². The van der Waals surface area contributed by atoms with Crippen molar-refractivity contribution < 1.29 is 29.8 Å². The van der Waals surface area contributed by atoms with E-state index in [2.05, 4.69) is 5.73 Å². The summed E-state index contributed by atoms with van der Waals surface area (Å²) in [6.45, 7) is 0. The average molecular weight is 241 g/mol. The van der Waals surface area contributed by atoms with Gasteiger partial charge in [0.15, 0.2) is 17.5 Å². The summed E-state index contributed by atoms with van der Waals surface area (Å²) >= 11 is 0. The zero-order chi connectivity index (χ0) is 13.0. The van der Waals surface area contributed by atoms with Gasteiger partial charge in [0.05, 0.1) is 26.9 Å². The van der Waals surface area contributed by atoms with Crippen LogP contribution in [-0.2, 0) is 4.79 Å². The van der Waals surface area contributed by atoms with Crippen LogP contribution in [0.25, 0.3) is 0 Å². The Hall–Kier alpha value is -1.95. The van der Waals surface area contributed by atoms with Crippen molar-refractivity contribution >= 4 is 5.97 Å². The predicted molar refractivity (Wildman–Crippen MR) is 56.7 cm³/mol. The quantitative estimate of drug-likeness (QED) is 0.694. The van der Waals surface area contributed by atoms with E-state index in [1.807, 2.05) is 0 Å². The lowest BCUT2D eigenvalue weighted by Crippen LogP contribution is -2.61. The van der Waals surface area contributed by atoms with Gasteiger partial charge in [0.25, 0.3) is 0 Å². The molecular formula is C11H15NO5. The number of ether oxygens (including phenoxy) is 3. The van der Waals surface area contributed by atoms with Gasteiger partial charge in [-0.15, -0.1) is 0 Å². The third kappa shape index (κ3) is 2.59. The molecule has 1 aromatic carbocycles. The zero-order valence-corrected chi connectivity index (χ0v) is 9.98. The second-order valence-corrected chi connectivity index (χ2v) is 3.32. The van der Waals surface area contributed by atoms with Crippen molar-refractivity contribution in [1.82, 2.24) is 0 Å². The van der Waals surface area contributed by atoms with Crippen molar-refractivity contribution in [2.24, 2.45) is 0 Å². The maximum absolute atomic E-state index is 10.8. The molecule has 0 aliphatic rings. The number of rotatable bonds is 5. The molecule has 1 rings (SSSR count). The van der Waals surface area contributed by atoms with Gasteiger partial charge in [-0.2, -0.15) is 0 Å². The van der Waals surface area contributed by atoms with E-state index < -0.39 is 12.0 Å². The molecule has 94 valence electrons. The molecule has 0 spiro atoms. The highest BCUT2D eigenvalue weighted by atomic mass is 16.5. The summed E-state index contributed by atoms with van der Waals surface area (Å²) in [5, 5.41) is 10.8. The van der Waals surface area contributed by atoms with Crippen LogP contribution in [-0.4, -0.2) is 27.3 Å². The monoisotopic (exact) mass is 241 g/mol. The molecule has 0 aromatic heterocycles. The molecule has 6 nitrogen and oxygen atoms in total. The number of carboxylic acid groups (broad SMARTS) is 1. The fourth-order valence-corrected chi connectivity index (χ4v) is 1.45. The van der Waals surface area contributed by atoms with Gasteiger partial charge in [0, 0.05) is 6.07 Å². The van der Waals surface area contributed by atoms with Gasteiger partial charge in [0.1, 0.15) is 11.7 Å². The van der Waals surface area contributed by atoms with Crippen molar-refractivity contribution in [1.29, 1.82) is 0 Å². The summed E-state index contributed by atoms with van der Waals surface area (Å²) in [5.74, 6) is -0.0424. The molecule has 1 aromatic rings. The summed E-state index contributed by atoms with van der Waals surface area (Å²) in [5.41, 5.74) is 3.89. The summed E-state index contributed by atoms with van der Waals surface area (Å²) in [7, 11) is 4.38. The van der Waals surface area contributed by atoms with E-state index in [9.17, 15) is 9.90 Å². The van der Waals surface area contributed by atoms with E-state index in [0.717, 1.165) is 0 Å². The van der Waals surface area contributed by atoms with Crippen molar-refractivity contribution in [3.8, 4) is 17.2 Å². The molecule has 0 unspecified atom stereocenters. The van der Waals surface area contributed by atoms with Crippen LogP contribution in [0.1, 0.15) is 11.6 Å². The maximum atomic E-state index is 10.8. The number of benzene rings is 1. The largest absolute Gasteiger partial charge is 0.544 e. The minimum Gasteiger partial charge on any atom is -0.544 e. The van der Waals surface area contributed by atoms with Crippen LogP contribution in [0.15, 0.2) is 12.1 Å². The minimum atomic E-state index is -1.28. The van der Waals surface area contributed by atoms with Gasteiger partial charge in [-0.25, -0.2) is 0 Å². The minimum absolute atomic E-state index is 0.367. The van der Waals surface area contributed by atoms with Crippen LogP contribution in [0, 0.1) is 0 Å². The first-order chi connectivity index (χ1) is 8.04. The third-order valence-electron chi connectivity index (χ3n) is 2.40. The van der Waals surface area contributed by atoms with Crippen LogP contribution in [0.3, 0.4) is 0 Å². The molecule has 0 bridgehead atoms. The van der Waals surface area contributed by atoms with Gasteiger partial charge in [0.2, 0.25) is 0 Å². The highest BCUT2D eigenvalue weighted by Crippen LogP contribution is 2.36. The van der Waals surface area contributed by atoms with E-state index in [4.69, 9.17) is 14.2 Å². The molecule has 17 heavy (non-hydrogen) atoms. The Morgan fingerprint density at radius 1 is 1.12 bits per heavy atom. The second kappa shape index (κ2) is 5.40.